The van der Waals surface area contributed by atoms with Crippen LogP contribution in [-0.2, 0) is 4.79 Å². The number of fused-ring (bicyclic) bond motifs is 1. The largest absolute Gasteiger partial charge is 0.481 e. The Labute approximate surface area is 146 Å². The average Bonchev–Trinajstić information content (AvgIpc) is 2.57. The number of carbonyl (C=O) groups excluding carboxylic acids is 1. The Morgan fingerprint density at radius 2 is 1.96 bits per heavy atom. The van der Waals surface area contributed by atoms with Crippen LogP contribution in [0.3, 0.4) is 0 Å². The highest BCUT2D eigenvalue weighted by molar-refractivity contribution is 9.10. The van der Waals surface area contributed by atoms with Crippen molar-refractivity contribution in [3.05, 3.63) is 64.2 Å². The summed E-state index contributed by atoms with van der Waals surface area (Å²) in [6.45, 7) is -0.108. The van der Waals surface area contributed by atoms with Gasteiger partial charge in [0.05, 0.1) is 5.02 Å². The summed E-state index contributed by atoms with van der Waals surface area (Å²) in [4.78, 5) is 16.2. The molecule has 0 aliphatic rings. The van der Waals surface area contributed by atoms with E-state index in [1.165, 1.54) is 0 Å². The van der Waals surface area contributed by atoms with E-state index < -0.39 is 0 Å². The highest BCUT2D eigenvalue weighted by Gasteiger charge is 2.09. The van der Waals surface area contributed by atoms with Gasteiger partial charge in [-0.15, -0.1) is 0 Å². The minimum atomic E-state index is -0.244. The number of hydrogen-bond donors (Lipinski definition) is 1. The molecule has 0 spiro atoms. The normalized spacial score (nSPS) is 10.5. The number of amides is 1. The molecule has 0 unspecified atom stereocenters. The van der Waals surface area contributed by atoms with Gasteiger partial charge in [-0.3, -0.25) is 9.78 Å². The van der Waals surface area contributed by atoms with Gasteiger partial charge in [0.25, 0.3) is 5.91 Å². The molecule has 0 aliphatic heterocycles. The van der Waals surface area contributed by atoms with Gasteiger partial charge in [0.2, 0.25) is 0 Å². The van der Waals surface area contributed by atoms with Crippen molar-refractivity contribution < 1.29 is 9.53 Å². The fourth-order valence-electron chi connectivity index (χ4n) is 2.10. The van der Waals surface area contributed by atoms with Crippen LogP contribution < -0.4 is 10.1 Å². The molecule has 0 fully saturated rings. The first-order valence-corrected chi connectivity index (χ1v) is 8.02. The number of pyridine rings is 1. The lowest BCUT2D eigenvalue weighted by Gasteiger charge is -2.10. The van der Waals surface area contributed by atoms with Crippen molar-refractivity contribution in [1.29, 1.82) is 0 Å². The van der Waals surface area contributed by atoms with Gasteiger partial charge in [-0.2, -0.15) is 0 Å². The molecule has 116 valence electrons. The van der Waals surface area contributed by atoms with E-state index in [0.29, 0.717) is 22.0 Å². The van der Waals surface area contributed by atoms with Crippen LogP contribution in [0.4, 0.5) is 5.69 Å². The zero-order chi connectivity index (χ0) is 16.2. The minimum absolute atomic E-state index is 0.108. The molecule has 4 nitrogen and oxygen atoms in total. The van der Waals surface area contributed by atoms with Gasteiger partial charge < -0.3 is 10.1 Å². The van der Waals surface area contributed by atoms with Crippen LogP contribution in [0, 0.1) is 0 Å². The number of hydrogen-bond acceptors (Lipinski definition) is 3. The number of benzene rings is 2. The van der Waals surface area contributed by atoms with Crippen molar-refractivity contribution in [3.8, 4) is 5.75 Å². The third-order valence-corrected chi connectivity index (χ3v) is 4.02. The molecule has 0 radical (unpaired) electrons. The topological polar surface area (TPSA) is 51.2 Å². The quantitative estimate of drug-likeness (QED) is 0.703. The van der Waals surface area contributed by atoms with Crippen LogP contribution in [0.5, 0.6) is 5.75 Å². The van der Waals surface area contributed by atoms with Gasteiger partial charge >= 0.3 is 0 Å². The number of nitrogens with zero attached hydrogens (tertiary/aromatic N) is 1. The monoisotopic (exact) mass is 390 g/mol. The summed E-state index contributed by atoms with van der Waals surface area (Å²) in [6, 6.07) is 14.4. The Morgan fingerprint density at radius 1 is 1.17 bits per heavy atom. The molecule has 0 saturated heterocycles. The molecule has 1 amide bonds. The van der Waals surface area contributed by atoms with Crippen molar-refractivity contribution >= 4 is 50.0 Å². The maximum absolute atomic E-state index is 12.0. The zero-order valence-electron chi connectivity index (χ0n) is 11.9. The van der Waals surface area contributed by atoms with E-state index in [0.717, 1.165) is 9.86 Å². The van der Waals surface area contributed by atoms with Crippen LogP contribution in [0.25, 0.3) is 10.9 Å². The van der Waals surface area contributed by atoms with Gasteiger partial charge in [-0.1, -0.05) is 27.5 Å². The van der Waals surface area contributed by atoms with Crippen LogP contribution in [0.15, 0.2) is 59.2 Å². The van der Waals surface area contributed by atoms with E-state index in [4.69, 9.17) is 16.3 Å². The van der Waals surface area contributed by atoms with E-state index in [1.54, 1.807) is 36.5 Å². The Morgan fingerprint density at radius 3 is 2.74 bits per heavy atom. The maximum atomic E-state index is 12.0. The maximum Gasteiger partial charge on any atom is 0.262 e. The molecular formula is C17H12BrClN2O2. The molecule has 0 saturated carbocycles. The van der Waals surface area contributed by atoms with E-state index in [9.17, 15) is 4.79 Å². The second-order valence-electron chi connectivity index (χ2n) is 4.79. The van der Waals surface area contributed by atoms with Crippen molar-refractivity contribution in [3.63, 3.8) is 0 Å². The summed E-state index contributed by atoms with van der Waals surface area (Å²) in [6.07, 6.45) is 1.66. The van der Waals surface area contributed by atoms with Crippen LogP contribution >= 0.6 is 27.5 Å². The number of ether oxygens (including phenoxy) is 1. The molecule has 1 aromatic heterocycles. The first-order valence-electron chi connectivity index (χ1n) is 6.85. The number of anilines is 1. The van der Waals surface area contributed by atoms with Crippen molar-refractivity contribution in [2.75, 3.05) is 11.9 Å². The van der Waals surface area contributed by atoms with Crippen LogP contribution in [-0.4, -0.2) is 17.5 Å². The SMILES string of the molecule is O=C(COc1ccc(Cl)c2cccnc12)Nc1ccc(Br)cc1. The fraction of sp³-hybridized carbons (Fsp3) is 0.0588. The van der Waals surface area contributed by atoms with Crippen LogP contribution in [0.2, 0.25) is 5.02 Å². The summed E-state index contributed by atoms with van der Waals surface area (Å²) in [5, 5.41) is 4.16. The number of rotatable bonds is 4. The molecule has 6 heteroatoms. The number of nitrogens with one attached hydrogen (secondary N) is 1. The Kier molecular flexibility index (Phi) is 4.79. The molecule has 23 heavy (non-hydrogen) atoms. The number of halogens is 2. The molecule has 0 bridgehead atoms. The lowest BCUT2D eigenvalue weighted by atomic mass is 10.2. The number of aromatic nitrogens is 1. The minimum Gasteiger partial charge on any atom is -0.481 e. The summed E-state index contributed by atoms with van der Waals surface area (Å²) >= 11 is 9.48. The van der Waals surface area contributed by atoms with Gasteiger partial charge in [0.15, 0.2) is 6.61 Å². The molecule has 2 aromatic carbocycles. The Hall–Kier alpha value is -2.11. The molecule has 0 aliphatic carbocycles. The third kappa shape index (κ3) is 3.81. The molecule has 3 rings (SSSR count). The predicted molar refractivity (Wildman–Crippen MR) is 95.0 cm³/mol. The molecule has 0 atom stereocenters. The smallest absolute Gasteiger partial charge is 0.262 e. The zero-order valence-corrected chi connectivity index (χ0v) is 14.3. The lowest BCUT2D eigenvalue weighted by Crippen LogP contribution is -2.20. The van der Waals surface area contributed by atoms with Gasteiger partial charge in [-0.05, 0) is 48.5 Å². The van der Waals surface area contributed by atoms with Crippen molar-refractivity contribution in [1.82, 2.24) is 4.98 Å². The highest BCUT2D eigenvalue weighted by atomic mass is 79.9. The van der Waals surface area contributed by atoms with Crippen molar-refractivity contribution in [2.24, 2.45) is 0 Å². The summed E-state index contributed by atoms with van der Waals surface area (Å²) in [5.74, 6) is 0.280. The molecular weight excluding hydrogens is 380 g/mol. The van der Waals surface area contributed by atoms with Crippen LogP contribution in [0.1, 0.15) is 0 Å². The predicted octanol–water partition coefficient (Wildman–Crippen LogP) is 4.67. The summed E-state index contributed by atoms with van der Waals surface area (Å²) in [7, 11) is 0. The second-order valence-corrected chi connectivity index (χ2v) is 6.11. The van der Waals surface area contributed by atoms with Gasteiger partial charge in [0, 0.05) is 21.7 Å². The average molecular weight is 392 g/mol. The third-order valence-electron chi connectivity index (χ3n) is 3.17. The first kappa shape index (κ1) is 15.8. The Bertz CT molecular complexity index is 853. The lowest BCUT2D eigenvalue weighted by molar-refractivity contribution is -0.118. The van der Waals surface area contributed by atoms with Gasteiger partial charge in [-0.25, -0.2) is 0 Å². The van der Waals surface area contributed by atoms with E-state index in [2.05, 4.69) is 26.2 Å². The molecule has 1 N–H and O–H groups in total. The highest BCUT2D eigenvalue weighted by Crippen LogP contribution is 2.29. The van der Waals surface area contributed by atoms with E-state index in [1.807, 2.05) is 18.2 Å². The van der Waals surface area contributed by atoms with Crippen molar-refractivity contribution in [2.45, 2.75) is 0 Å². The second kappa shape index (κ2) is 6.98. The summed E-state index contributed by atoms with van der Waals surface area (Å²) < 4.78 is 6.54. The number of carbonyl (C=O) groups is 1. The van der Waals surface area contributed by atoms with E-state index >= 15 is 0 Å². The standard InChI is InChI=1S/C17H12BrClN2O2/c18-11-3-5-12(6-4-11)21-16(22)10-23-15-8-7-14(19)13-2-1-9-20-17(13)15/h1-9H,10H2,(H,21,22). The first-order chi connectivity index (χ1) is 11.1. The Balaban J connectivity index is 1.70. The van der Waals surface area contributed by atoms with Gasteiger partial charge in [0.1, 0.15) is 11.3 Å². The fourth-order valence-corrected chi connectivity index (χ4v) is 2.58. The molecule has 3 aromatic rings. The van der Waals surface area contributed by atoms with E-state index in [-0.39, 0.29) is 12.5 Å². The summed E-state index contributed by atoms with van der Waals surface area (Å²) in [5.41, 5.74) is 1.34. The molecule has 1 heterocycles.